The van der Waals surface area contributed by atoms with E-state index in [0.717, 1.165) is 10.0 Å². The van der Waals surface area contributed by atoms with E-state index in [1.165, 1.54) is 0 Å². The first-order chi connectivity index (χ1) is 12.2. The van der Waals surface area contributed by atoms with Gasteiger partial charge in [-0.2, -0.15) is 0 Å². The van der Waals surface area contributed by atoms with E-state index in [-0.39, 0.29) is 5.91 Å². The lowest BCUT2D eigenvalue weighted by Crippen LogP contribution is -2.11. The third kappa shape index (κ3) is 4.42. The average molecular weight is 398 g/mol. The second-order valence-corrected chi connectivity index (χ2v) is 6.15. The minimum atomic E-state index is -0.164. The molecule has 0 aliphatic rings. The monoisotopic (exact) mass is 397 g/mol. The zero-order chi connectivity index (χ0) is 17.6. The van der Waals surface area contributed by atoms with Gasteiger partial charge in [-0.3, -0.25) is 4.79 Å². The van der Waals surface area contributed by atoms with Gasteiger partial charge in [-0.25, -0.2) is 0 Å². The molecule has 0 bridgehead atoms. The Hall–Kier alpha value is -2.73. The second-order valence-electron chi connectivity index (χ2n) is 5.23. The van der Waals surface area contributed by atoms with Gasteiger partial charge in [0.2, 0.25) is 5.88 Å². The van der Waals surface area contributed by atoms with Gasteiger partial charge in [0.1, 0.15) is 0 Å². The molecular formula is C19H16BrN3O2. The SMILES string of the molecule is CCOc1ccc(-c2cccc(NC(=O)c3ccc(Br)cc3)c2)nn1. The maximum atomic E-state index is 12.3. The van der Waals surface area contributed by atoms with Crippen molar-refractivity contribution in [3.63, 3.8) is 0 Å². The first kappa shape index (κ1) is 17.1. The number of nitrogens with zero attached hydrogens (tertiary/aromatic N) is 2. The largest absolute Gasteiger partial charge is 0.477 e. The highest BCUT2D eigenvalue weighted by molar-refractivity contribution is 9.10. The van der Waals surface area contributed by atoms with Crippen molar-refractivity contribution in [1.82, 2.24) is 10.2 Å². The Morgan fingerprint density at radius 1 is 1.08 bits per heavy atom. The predicted octanol–water partition coefficient (Wildman–Crippen LogP) is 4.56. The number of nitrogens with one attached hydrogen (secondary N) is 1. The van der Waals surface area contributed by atoms with E-state index < -0.39 is 0 Å². The molecule has 0 unspecified atom stereocenters. The molecule has 0 saturated heterocycles. The summed E-state index contributed by atoms with van der Waals surface area (Å²) < 4.78 is 6.23. The molecule has 2 aromatic carbocycles. The molecule has 0 aliphatic carbocycles. The Kier molecular flexibility index (Phi) is 5.40. The number of aromatic nitrogens is 2. The van der Waals surface area contributed by atoms with Crippen molar-refractivity contribution >= 4 is 27.5 Å². The standard InChI is InChI=1S/C19H16BrN3O2/c1-2-25-18-11-10-17(22-23-18)14-4-3-5-16(12-14)21-19(24)13-6-8-15(20)9-7-13/h3-12H,2H2,1H3,(H,21,24). The van der Waals surface area contributed by atoms with Crippen LogP contribution in [0, 0.1) is 0 Å². The molecule has 0 atom stereocenters. The predicted molar refractivity (Wildman–Crippen MR) is 101 cm³/mol. The molecular weight excluding hydrogens is 382 g/mol. The summed E-state index contributed by atoms with van der Waals surface area (Å²) in [6.07, 6.45) is 0. The van der Waals surface area contributed by atoms with Gasteiger partial charge in [-0.15, -0.1) is 10.2 Å². The molecule has 3 rings (SSSR count). The first-order valence-corrected chi connectivity index (χ1v) is 8.59. The van der Waals surface area contributed by atoms with Crippen molar-refractivity contribution in [3.8, 4) is 17.1 Å². The molecule has 1 amide bonds. The van der Waals surface area contributed by atoms with Gasteiger partial charge in [0.25, 0.3) is 5.91 Å². The maximum Gasteiger partial charge on any atom is 0.255 e. The normalized spacial score (nSPS) is 10.3. The third-order valence-corrected chi connectivity index (χ3v) is 3.98. The van der Waals surface area contributed by atoms with Crippen LogP contribution in [0.1, 0.15) is 17.3 Å². The van der Waals surface area contributed by atoms with Crippen molar-refractivity contribution in [2.75, 3.05) is 11.9 Å². The third-order valence-electron chi connectivity index (χ3n) is 3.45. The number of rotatable bonds is 5. The van der Waals surface area contributed by atoms with Crippen LogP contribution in [0.5, 0.6) is 5.88 Å². The average Bonchev–Trinajstić information content (AvgIpc) is 2.63. The number of hydrogen-bond acceptors (Lipinski definition) is 4. The van der Waals surface area contributed by atoms with Crippen molar-refractivity contribution in [2.45, 2.75) is 6.92 Å². The molecule has 3 aromatic rings. The lowest BCUT2D eigenvalue weighted by Gasteiger charge is -2.08. The number of benzene rings is 2. The van der Waals surface area contributed by atoms with Crippen molar-refractivity contribution < 1.29 is 9.53 Å². The number of halogens is 1. The molecule has 0 radical (unpaired) electrons. The van der Waals surface area contributed by atoms with Crippen molar-refractivity contribution in [2.24, 2.45) is 0 Å². The number of carbonyl (C=O) groups is 1. The molecule has 6 heteroatoms. The zero-order valence-corrected chi connectivity index (χ0v) is 15.2. The van der Waals surface area contributed by atoms with Crippen LogP contribution in [0.2, 0.25) is 0 Å². The number of anilines is 1. The van der Waals surface area contributed by atoms with Gasteiger partial charge in [-0.05, 0) is 49.4 Å². The van der Waals surface area contributed by atoms with Crippen LogP contribution in [0.3, 0.4) is 0 Å². The summed E-state index contributed by atoms with van der Waals surface area (Å²) in [5.74, 6) is 0.327. The molecule has 1 N–H and O–H groups in total. The minimum absolute atomic E-state index is 0.164. The van der Waals surface area contributed by atoms with Crippen LogP contribution in [-0.2, 0) is 0 Å². The fraction of sp³-hybridized carbons (Fsp3) is 0.105. The van der Waals surface area contributed by atoms with E-state index in [1.807, 2.05) is 49.4 Å². The number of amides is 1. The van der Waals surface area contributed by atoms with E-state index in [2.05, 4.69) is 31.4 Å². The number of carbonyl (C=O) groups excluding carboxylic acids is 1. The van der Waals surface area contributed by atoms with Crippen LogP contribution in [0.25, 0.3) is 11.3 Å². The summed E-state index contributed by atoms with van der Waals surface area (Å²) in [6, 6.07) is 18.3. The summed E-state index contributed by atoms with van der Waals surface area (Å²) in [5.41, 5.74) is 2.86. The lowest BCUT2D eigenvalue weighted by atomic mass is 10.1. The molecule has 1 aromatic heterocycles. The van der Waals surface area contributed by atoms with E-state index in [0.29, 0.717) is 29.4 Å². The summed E-state index contributed by atoms with van der Waals surface area (Å²) in [6.45, 7) is 2.44. The van der Waals surface area contributed by atoms with Crippen LogP contribution >= 0.6 is 15.9 Å². The Morgan fingerprint density at radius 3 is 2.56 bits per heavy atom. The smallest absolute Gasteiger partial charge is 0.255 e. The van der Waals surface area contributed by atoms with Crippen LogP contribution < -0.4 is 10.1 Å². The summed E-state index contributed by atoms with van der Waals surface area (Å²) in [4.78, 5) is 12.3. The topological polar surface area (TPSA) is 64.1 Å². The Morgan fingerprint density at radius 2 is 1.88 bits per heavy atom. The van der Waals surface area contributed by atoms with Gasteiger partial charge in [0.05, 0.1) is 12.3 Å². The fourth-order valence-electron chi connectivity index (χ4n) is 2.26. The second kappa shape index (κ2) is 7.90. The molecule has 0 fully saturated rings. The fourth-order valence-corrected chi connectivity index (χ4v) is 2.52. The van der Waals surface area contributed by atoms with Crippen LogP contribution in [0.15, 0.2) is 65.1 Å². The van der Waals surface area contributed by atoms with Crippen molar-refractivity contribution in [3.05, 3.63) is 70.7 Å². The highest BCUT2D eigenvalue weighted by atomic mass is 79.9. The molecule has 5 nitrogen and oxygen atoms in total. The van der Waals surface area contributed by atoms with E-state index in [4.69, 9.17) is 4.74 Å². The van der Waals surface area contributed by atoms with Crippen molar-refractivity contribution in [1.29, 1.82) is 0 Å². The Labute approximate surface area is 154 Å². The highest BCUT2D eigenvalue weighted by Gasteiger charge is 2.08. The van der Waals surface area contributed by atoms with Gasteiger partial charge < -0.3 is 10.1 Å². The quantitative estimate of drug-likeness (QED) is 0.685. The Bertz CT molecular complexity index is 865. The molecule has 0 saturated carbocycles. The summed E-state index contributed by atoms with van der Waals surface area (Å²) >= 11 is 3.36. The molecule has 126 valence electrons. The zero-order valence-electron chi connectivity index (χ0n) is 13.6. The summed E-state index contributed by atoms with van der Waals surface area (Å²) in [7, 11) is 0. The maximum absolute atomic E-state index is 12.3. The molecule has 0 spiro atoms. The molecule has 1 heterocycles. The summed E-state index contributed by atoms with van der Waals surface area (Å²) in [5, 5.41) is 11.1. The number of hydrogen-bond donors (Lipinski definition) is 1. The van der Waals surface area contributed by atoms with E-state index in [9.17, 15) is 4.79 Å². The van der Waals surface area contributed by atoms with E-state index in [1.54, 1.807) is 18.2 Å². The minimum Gasteiger partial charge on any atom is -0.477 e. The van der Waals surface area contributed by atoms with Gasteiger partial charge in [0.15, 0.2) is 0 Å². The Balaban J connectivity index is 1.77. The first-order valence-electron chi connectivity index (χ1n) is 7.79. The van der Waals surface area contributed by atoms with Crippen LogP contribution in [-0.4, -0.2) is 22.7 Å². The highest BCUT2D eigenvalue weighted by Crippen LogP contribution is 2.22. The molecule has 25 heavy (non-hydrogen) atoms. The van der Waals surface area contributed by atoms with Gasteiger partial charge in [-0.1, -0.05) is 28.1 Å². The lowest BCUT2D eigenvalue weighted by molar-refractivity contribution is 0.102. The van der Waals surface area contributed by atoms with Gasteiger partial charge in [0, 0.05) is 27.4 Å². The molecule has 0 aliphatic heterocycles. The van der Waals surface area contributed by atoms with Crippen LogP contribution in [0.4, 0.5) is 5.69 Å². The van der Waals surface area contributed by atoms with E-state index >= 15 is 0 Å². The van der Waals surface area contributed by atoms with Gasteiger partial charge >= 0.3 is 0 Å². The number of ether oxygens (including phenoxy) is 1.